The molecule has 2 aliphatic heterocycles. The standard InChI is InChI=1S/C33H30N8O2/c1-39-16-14-26(42)29-32-38-30(31(24-5-3-2-4-6-24)41(32)21-43-33(29)39)23-9-7-22(8-10-23)20-40-17-12-25(13-18-40)36-27-11-15-35-28(19-34)37-27/h2-11,14-16,25H,12-13,17-18,20-21H2,1H3,(H,35,36,37). The number of piperidine rings is 1. The highest BCUT2D eigenvalue weighted by Gasteiger charge is 2.29. The molecule has 0 atom stereocenters. The number of anilines is 1. The van der Waals surface area contributed by atoms with Crippen LogP contribution < -0.4 is 15.5 Å². The minimum absolute atomic E-state index is 0.108. The first-order valence-corrected chi connectivity index (χ1v) is 14.4. The number of nitriles is 1. The predicted octanol–water partition coefficient (Wildman–Crippen LogP) is 4.67. The SMILES string of the molecule is Cn1ccc(=O)c2c1OCn1c-2nc(-c2ccc(CN3CCC(Nc4ccnc(C#N)n4)CC3)cc2)c1-c1ccccc1. The Morgan fingerprint density at radius 1 is 1.00 bits per heavy atom. The number of nitrogens with one attached hydrogen (secondary N) is 1. The van der Waals surface area contributed by atoms with Gasteiger partial charge in [-0.1, -0.05) is 54.6 Å². The number of aryl methyl sites for hydroxylation is 1. The van der Waals surface area contributed by atoms with Crippen LogP contribution in [0.4, 0.5) is 5.82 Å². The zero-order chi connectivity index (χ0) is 29.3. The van der Waals surface area contributed by atoms with Crippen molar-refractivity contribution in [2.45, 2.75) is 32.2 Å². The minimum atomic E-state index is -0.108. The summed E-state index contributed by atoms with van der Waals surface area (Å²) < 4.78 is 9.91. The van der Waals surface area contributed by atoms with Crippen molar-refractivity contribution >= 4 is 5.82 Å². The van der Waals surface area contributed by atoms with Crippen molar-refractivity contribution in [1.82, 2.24) is 29.0 Å². The zero-order valence-electron chi connectivity index (χ0n) is 23.8. The third-order valence-corrected chi connectivity index (χ3v) is 8.13. The molecule has 5 aromatic rings. The molecule has 0 bridgehead atoms. The fourth-order valence-electron chi connectivity index (χ4n) is 5.94. The third-order valence-electron chi connectivity index (χ3n) is 8.13. The van der Waals surface area contributed by atoms with Crippen molar-refractivity contribution in [3.63, 3.8) is 0 Å². The normalized spacial score (nSPS) is 14.8. The Bertz CT molecular complexity index is 1880. The maximum absolute atomic E-state index is 13.0. The average molecular weight is 571 g/mol. The Labute approximate surface area is 248 Å². The Morgan fingerprint density at radius 2 is 1.79 bits per heavy atom. The summed E-state index contributed by atoms with van der Waals surface area (Å²) >= 11 is 0. The fraction of sp³-hybridized carbons (Fsp3) is 0.242. The van der Waals surface area contributed by atoms with Gasteiger partial charge in [-0.3, -0.25) is 14.3 Å². The molecule has 0 unspecified atom stereocenters. The van der Waals surface area contributed by atoms with E-state index in [2.05, 4.69) is 56.6 Å². The highest BCUT2D eigenvalue weighted by molar-refractivity contribution is 5.83. The summed E-state index contributed by atoms with van der Waals surface area (Å²) in [6.45, 7) is 3.07. The Balaban J connectivity index is 1.11. The van der Waals surface area contributed by atoms with Crippen LogP contribution in [0.3, 0.4) is 0 Å². The van der Waals surface area contributed by atoms with Crippen molar-refractivity contribution in [3.8, 4) is 45.9 Å². The van der Waals surface area contributed by atoms with Gasteiger partial charge in [-0.05, 0) is 24.5 Å². The van der Waals surface area contributed by atoms with E-state index < -0.39 is 0 Å². The van der Waals surface area contributed by atoms with Crippen LogP contribution in [-0.4, -0.2) is 48.1 Å². The van der Waals surface area contributed by atoms with E-state index >= 15 is 0 Å². The molecule has 2 aliphatic rings. The van der Waals surface area contributed by atoms with Crippen molar-refractivity contribution in [2.75, 3.05) is 18.4 Å². The number of benzene rings is 2. The lowest BCUT2D eigenvalue weighted by molar-refractivity contribution is 0.211. The van der Waals surface area contributed by atoms with Crippen LogP contribution in [0.1, 0.15) is 24.2 Å². The van der Waals surface area contributed by atoms with E-state index in [1.807, 2.05) is 40.5 Å². The molecule has 1 fully saturated rings. The number of rotatable bonds is 6. The molecule has 10 nitrogen and oxygen atoms in total. The van der Waals surface area contributed by atoms with Crippen molar-refractivity contribution in [3.05, 3.63) is 101 Å². The van der Waals surface area contributed by atoms with Crippen LogP contribution in [-0.2, 0) is 20.3 Å². The molecule has 1 N–H and O–H groups in total. The third kappa shape index (κ3) is 5.15. The number of hydrogen-bond acceptors (Lipinski definition) is 8. The molecule has 5 heterocycles. The summed E-state index contributed by atoms with van der Waals surface area (Å²) in [7, 11) is 1.87. The fourth-order valence-corrected chi connectivity index (χ4v) is 5.94. The van der Waals surface area contributed by atoms with Gasteiger partial charge in [0, 0.05) is 62.3 Å². The lowest BCUT2D eigenvalue weighted by Crippen LogP contribution is -2.38. The first-order chi connectivity index (χ1) is 21.1. The first kappa shape index (κ1) is 26.6. The van der Waals surface area contributed by atoms with Gasteiger partial charge in [-0.25, -0.2) is 15.0 Å². The topological polar surface area (TPSA) is 114 Å². The number of pyridine rings is 1. The molecular weight excluding hydrogens is 540 g/mol. The van der Waals surface area contributed by atoms with Crippen molar-refractivity contribution in [1.29, 1.82) is 5.26 Å². The highest BCUT2D eigenvalue weighted by Crippen LogP contribution is 2.40. The number of nitrogens with zero attached hydrogens (tertiary/aromatic N) is 7. The maximum Gasteiger partial charge on any atom is 0.234 e. The van der Waals surface area contributed by atoms with Gasteiger partial charge in [0.25, 0.3) is 0 Å². The molecule has 0 spiro atoms. The molecule has 10 heteroatoms. The molecule has 2 aromatic carbocycles. The van der Waals surface area contributed by atoms with Gasteiger partial charge in [0.15, 0.2) is 18.0 Å². The van der Waals surface area contributed by atoms with Gasteiger partial charge in [0.2, 0.25) is 11.7 Å². The van der Waals surface area contributed by atoms with Crippen LogP contribution >= 0.6 is 0 Å². The second-order valence-corrected chi connectivity index (χ2v) is 10.9. The van der Waals surface area contributed by atoms with Crippen LogP contribution in [0.25, 0.3) is 33.9 Å². The van der Waals surface area contributed by atoms with Gasteiger partial charge in [0.05, 0.1) is 11.4 Å². The first-order valence-electron chi connectivity index (χ1n) is 14.4. The largest absolute Gasteiger partial charge is 0.456 e. The van der Waals surface area contributed by atoms with Gasteiger partial charge in [-0.2, -0.15) is 5.26 Å². The summed E-state index contributed by atoms with van der Waals surface area (Å²) in [5.74, 6) is 2.05. The van der Waals surface area contributed by atoms with Gasteiger partial charge in [0.1, 0.15) is 17.5 Å². The molecule has 0 radical (unpaired) electrons. The number of imidazole rings is 1. The lowest BCUT2D eigenvalue weighted by Gasteiger charge is -2.32. The Kier molecular flexibility index (Phi) is 6.93. The van der Waals surface area contributed by atoms with Gasteiger partial charge < -0.3 is 14.6 Å². The second kappa shape index (κ2) is 11.2. The predicted molar refractivity (Wildman–Crippen MR) is 163 cm³/mol. The quantitative estimate of drug-likeness (QED) is 0.313. The average Bonchev–Trinajstić information content (AvgIpc) is 3.44. The van der Waals surface area contributed by atoms with Crippen LogP contribution in [0.15, 0.2) is 83.9 Å². The van der Waals surface area contributed by atoms with E-state index in [9.17, 15) is 4.79 Å². The van der Waals surface area contributed by atoms with Crippen molar-refractivity contribution in [2.24, 2.45) is 7.05 Å². The van der Waals surface area contributed by atoms with E-state index in [0.29, 0.717) is 29.1 Å². The van der Waals surface area contributed by atoms with E-state index in [1.54, 1.807) is 24.5 Å². The van der Waals surface area contributed by atoms with E-state index in [0.717, 1.165) is 55.0 Å². The van der Waals surface area contributed by atoms with Gasteiger partial charge in [-0.15, -0.1) is 0 Å². The summed E-state index contributed by atoms with van der Waals surface area (Å²) in [5, 5.41) is 12.5. The van der Waals surface area contributed by atoms with E-state index in [-0.39, 0.29) is 18.0 Å². The smallest absolute Gasteiger partial charge is 0.234 e. The summed E-state index contributed by atoms with van der Waals surface area (Å²) in [6, 6.07) is 24.4. The maximum atomic E-state index is 13.0. The minimum Gasteiger partial charge on any atom is -0.456 e. The second-order valence-electron chi connectivity index (χ2n) is 10.9. The zero-order valence-corrected chi connectivity index (χ0v) is 23.8. The molecule has 43 heavy (non-hydrogen) atoms. The number of aromatic nitrogens is 5. The summed E-state index contributed by atoms with van der Waals surface area (Å²) in [6.07, 6.45) is 5.32. The number of likely N-dealkylation sites (tertiary alicyclic amines) is 1. The molecule has 7 rings (SSSR count). The van der Waals surface area contributed by atoms with Gasteiger partial charge >= 0.3 is 0 Å². The summed E-state index contributed by atoms with van der Waals surface area (Å²) in [5.41, 5.74) is 5.37. The summed E-state index contributed by atoms with van der Waals surface area (Å²) in [4.78, 5) is 28.7. The van der Waals surface area contributed by atoms with Crippen molar-refractivity contribution < 1.29 is 4.74 Å². The molecule has 0 aliphatic carbocycles. The monoisotopic (exact) mass is 570 g/mol. The number of hydrogen-bond donors (Lipinski definition) is 1. The van der Waals surface area contributed by atoms with E-state index in [4.69, 9.17) is 15.0 Å². The highest BCUT2D eigenvalue weighted by atomic mass is 16.5. The molecule has 3 aromatic heterocycles. The molecular formula is C33H30N8O2. The van der Waals surface area contributed by atoms with Crippen LogP contribution in [0, 0.1) is 11.3 Å². The number of fused-ring (bicyclic) bond motifs is 3. The molecule has 0 saturated carbocycles. The van der Waals surface area contributed by atoms with E-state index in [1.165, 1.54) is 5.56 Å². The lowest BCUT2D eigenvalue weighted by atomic mass is 10.0. The number of ether oxygens (including phenoxy) is 1. The molecule has 0 amide bonds. The molecule has 214 valence electrons. The Hall–Kier alpha value is -5.27. The Morgan fingerprint density at radius 3 is 2.56 bits per heavy atom. The van der Waals surface area contributed by atoms with Crippen LogP contribution in [0.5, 0.6) is 5.88 Å². The van der Waals surface area contributed by atoms with Crippen LogP contribution in [0.2, 0.25) is 0 Å². The molecule has 1 saturated heterocycles.